The van der Waals surface area contributed by atoms with Gasteiger partial charge in [-0.15, -0.1) is 5.10 Å². The molecular weight excluding hydrogens is 244 g/mol. The molecule has 0 spiro atoms. The highest BCUT2D eigenvalue weighted by atomic mass is 16.2. The molecular formula is C12H16N6O. The molecule has 2 rings (SSSR count). The number of hydrogen-bond acceptors (Lipinski definition) is 5. The Balaban J connectivity index is 1.73. The van der Waals surface area contributed by atoms with Crippen molar-refractivity contribution in [3.8, 4) is 0 Å². The zero-order chi connectivity index (χ0) is 13.5. The van der Waals surface area contributed by atoms with Crippen LogP contribution in [0, 0.1) is 0 Å². The molecule has 0 aliphatic carbocycles. The Bertz CT molecular complexity index is 524. The second-order valence-corrected chi connectivity index (χ2v) is 4.07. The van der Waals surface area contributed by atoms with Crippen LogP contribution in [0.1, 0.15) is 11.3 Å². The fourth-order valence-corrected chi connectivity index (χ4v) is 1.61. The summed E-state index contributed by atoms with van der Waals surface area (Å²) in [5.41, 5.74) is 7.23. The molecule has 0 saturated heterocycles. The van der Waals surface area contributed by atoms with Crippen molar-refractivity contribution >= 4 is 5.91 Å². The number of nitrogens with zero attached hydrogens (tertiary/aromatic N) is 4. The minimum absolute atomic E-state index is 0.0949. The van der Waals surface area contributed by atoms with Crippen molar-refractivity contribution in [3.63, 3.8) is 0 Å². The van der Waals surface area contributed by atoms with Crippen LogP contribution in [-0.2, 0) is 24.3 Å². The Hall–Kier alpha value is -2.28. The molecule has 0 aliphatic rings. The van der Waals surface area contributed by atoms with E-state index in [0.29, 0.717) is 18.8 Å². The molecule has 100 valence electrons. The number of pyridine rings is 1. The summed E-state index contributed by atoms with van der Waals surface area (Å²) >= 11 is 0. The third kappa shape index (κ3) is 4.14. The van der Waals surface area contributed by atoms with E-state index in [0.717, 1.165) is 12.0 Å². The van der Waals surface area contributed by atoms with E-state index in [1.54, 1.807) is 18.6 Å². The van der Waals surface area contributed by atoms with Gasteiger partial charge in [-0.05, 0) is 24.1 Å². The smallest absolute Gasteiger partial charge is 0.241 e. The lowest BCUT2D eigenvalue weighted by molar-refractivity contribution is -0.121. The predicted molar refractivity (Wildman–Crippen MR) is 68.9 cm³/mol. The number of rotatable bonds is 6. The van der Waals surface area contributed by atoms with Crippen molar-refractivity contribution in [2.24, 2.45) is 5.73 Å². The summed E-state index contributed by atoms with van der Waals surface area (Å²) in [7, 11) is 0. The average Bonchev–Trinajstić information content (AvgIpc) is 2.87. The summed E-state index contributed by atoms with van der Waals surface area (Å²) in [6.45, 7) is 1.06. The minimum atomic E-state index is -0.0949. The highest BCUT2D eigenvalue weighted by molar-refractivity contribution is 5.75. The first-order valence-corrected chi connectivity index (χ1v) is 6.02. The van der Waals surface area contributed by atoms with Crippen LogP contribution in [0.3, 0.4) is 0 Å². The van der Waals surface area contributed by atoms with Crippen LogP contribution in [0.15, 0.2) is 30.7 Å². The van der Waals surface area contributed by atoms with E-state index in [1.165, 1.54) is 4.68 Å². The molecule has 0 aliphatic heterocycles. The van der Waals surface area contributed by atoms with Gasteiger partial charge in [0.15, 0.2) is 0 Å². The van der Waals surface area contributed by atoms with Crippen molar-refractivity contribution in [1.29, 1.82) is 0 Å². The van der Waals surface area contributed by atoms with Gasteiger partial charge < -0.3 is 11.1 Å². The number of amides is 1. The summed E-state index contributed by atoms with van der Waals surface area (Å²) in [5, 5.41) is 10.5. The Morgan fingerprint density at radius 1 is 1.37 bits per heavy atom. The van der Waals surface area contributed by atoms with Gasteiger partial charge in [-0.1, -0.05) is 5.21 Å². The molecule has 0 unspecified atom stereocenters. The van der Waals surface area contributed by atoms with Crippen molar-refractivity contribution in [2.45, 2.75) is 19.5 Å². The lowest BCUT2D eigenvalue weighted by Crippen LogP contribution is -2.29. The number of hydrogen-bond donors (Lipinski definition) is 2. The molecule has 2 aromatic heterocycles. The van der Waals surface area contributed by atoms with Gasteiger partial charge in [0.25, 0.3) is 0 Å². The molecule has 7 nitrogen and oxygen atoms in total. The standard InChI is InChI=1S/C12H16N6O/c13-7-11-8-18(17-16-11)9-12(19)15-6-3-10-1-4-14-5-2-10/h1-2,4-5,8H,3,6-7,9,13H2,(H,15,19). The summed E-state index contributed by atoms with van der Waals surface area (Å²) in [4.78, 5) is 15.6. The quantitative estimate of drug-likeness (QED) is 0.729. The molecule has 0 radical (unpaired) electrons. The van der Waals surface area contributed by atoms with E-state index in [1.807, 2.05) is 12.1 Å². The third-order valence-corrected chi connectivity index (χ3v) is 2.59. The zero-order valence-corrected chi connectivity index (χ0v) is 10.5. The Morgan fingerprint density at radius 2 is 2.16 bits per heavy atom. The number of aromatic nitrogens is 4. The third-order valence-electron chi connectivity index (χ3n) is 2.59. The first kappa shape index (κ1) is 13.2. The van der Waals surface area contributed by atoms with Gasteiger partial charge in [-0.3, -0.25) is 9.78 Å². The van der Waals surface area contributed by atoms with Crippen LogP contribution < -0.4 is 11.1 Å². The maximum Gasteiger partial charge on any atom is 0.241 e. The maximum absolute atomic E-state index is 11.7. The molecule has 3 N–H and O–H groups in total. The SMILES string of the molecule is NCc1cn(CC(=O)NCCc2ccncc2)nn1. The normalized spacial score (nSPS) is 10.4. The van der Waals surface area contributed by atoms with E-state index in [4.69, 9.17) is 5.73 Å². The van der Waals surface area contributed by atoms with Gasteiger partial charge in [-0.25, -0.2) is 4.68 Å². The highest BCUT2D eigenvalue weighted by Gasteiger charge is 2.04. The monoisotopic (exact) mass is 260 g/mol. The summed E-state index contributed by atoms with van der Waals surface area (Å²) in [6, 6.07) is 3.86. The molecule has 1 amide bonds. The number of carbonyl (C=O) groups is 1. The van der Waals surface area contributed by atoms with E-state index >= 15 is 0 Å². The average molecular weight is 260 g/mol. The summed E-state index contributed by atoms with van der Waals surface area (Å²) in [6.07, 6.45) is 5.92. The molecule has 2 heterocycles. The van der Waals surface area contributed by atoms with Crippen LogP contribution in [0.4, 0.5) is 0 Å². The number of nitrogens with one attached hydrogen (secondary N) is 1. The van der Waals surface area contributed by atoms with Crippen molar-refractivity contribution in [3.05, 3.63) is 42.0 Å². The van der Waals surface area contributed by atoms with E-state index < -0.39 is 0 Å². The van der Waals surface area contributed by atoms with Gasteiger partial charge in [0, 0.05) is 25.5 Å². The molecule has 19 heavy (non-hydrogen) atoms. The largest absolute Gasteiger partial charge is 0.354 e. The highest BCUT2D eigenvalue weighted by Crippen LogP contribution is 1.96. The van der Waals surface area contributed by atoms with Gasteiger partial charge in [-0.2, -0.15) is 0 Å². The topological polar surface area (TPSA) is 98.7 Å². The molecule has 0 fully saturated rings. The fraction of sp³-hybridized carbons (Fsp3) is 0.333. The van der Waals surface area contributed by atoms with Gasteiger partial charge in [0.1, 0.15) is 6.54 Å². The molecule has 0 bridgehead atoms. The summed E-state index contributed by atoms with van der Waals surface area (Å²) < 4.78 is 1.48. The van der Waals surface area contributed by atoms with Crippen molar-refractivity contribution in [2.75, 3.05) is 6.54 Å². The molecule has 0 atom stereocenters. The lowest BCUT2D eigenvalue weighted by atomic mass is 10.2. The van der Waals surface area contributed by atoms with Crippen LogP contribution in [-0.4, -0.2) is 32.4 Å². The Kier molecular flexibility index (Phi) is 4.57. The van der Waals surface area contributed by atoms with Crippen LogP contribution in [0.5, 0.6) is 0 Å². The molecule has 2 aromatic rings. The predicted octanol–water partition coefficient (Wildman–Crippen LogP) is -0.509. The van der Waals surface area contributed by atoms with Gasteiger partial charge >= 0.3 is 0 Å². The first-order valence-electron chi connectivity index (χ1n) is 6.02. The van der Waals surface area contributed by atoms with Crippen molar-refractivity contribution < 1.29 is 4.79 Å². The second kappa shape index (κ2) is 6.60. The lowest BCUT2D eigenvalue weighted by Gasteiger charge is -2.04. The maximum atomic E-state index is 11.7. The molecule has 0 aromatic carbocycles. The minimum Gasteiger partial charge on any atom is -0.354 e. The van der Waals surface area contributed by atoms with E-state index in [2.05, 4.69) is 20.6 Å². The van der Waals surface area contributed by atoms with E-state index in [-0.39, 0.29) is 12.5 Å². The first-order chi connectivity index (χ1) is 9.28. The van der Waals surface area contributed by atoms with Crippen LogP contribution in [0.2, 0.25) is 0 Å². The zero-order valence-electron chi connectivity index (χ0n) is 10.5. The second-order valence-electron chi connectivity index (χ2n) is 4.07. The number of nitrogens with two attached hydrogens (primary N) is 1. The molecule has 7 heteroatoms. The fourth-order valence-electron chi connectivity index (χ4n) is 1.61. The van der Waals surface area contributed by atoms with Crippen LogP contribution in [0.25, 0.3) is 0 Å². The molecule has 0 saturated carbocycles. The van der Waals surface area contributed by atoms with Gasteiger partial charge in [0.05, 0.1) is 11.9 Å². The van der Waals surface area contributed by atoms with Crippen LogP contribution >= 0.6 is 0 Å². The number of carbonyl (C=O) groups excluding carboxylic acids is 1. The van der Waals surface area contributed by atoms with Crippen molar-refractivity contribution in [1.82, 2.24) is 25.3 Å². The Morgan fingerprint density at radius 3 is 2.84 bits per heavy atom. The summed E-state index contributed by atoms with van der Waals surface area (Å²) in [5.74, 6) is -0.0949. The van der Waals surface area contributed by atoms with Gasteiger partial charge in [0.2, 0.25) is 5.91 Å². The Labute approximate surface area is 110 Å². The van der Waals surface area contributed by atoms with E-state index in [9.17, 15) is 4.79 Å².